The number of amides is 1. The van der Waals surface area contributed by atoms with Gasteiger partial charge in [-0.05, 0) is 23.3 Å². The lowest BCUT2D eigenvalue weighted by Gasteiger charge is -2.18. The zero-order valence-corrected chi connectivity index (χ0v) is 14.4. The van der Waals surface area contributed by atoms with Crippen LogP contribution < -0.4 is 10.1 Å². The highest BCUT2D eigenvalue weighted by Gasteiger charge is 2.20. The molecule has 0 fully saturated rings. The van der Waals surface area contributed by atoms with Crippen LogP contribution in [0.1, 0.15) is 28.8 Å². The average molecular weight is 340 g/mol. The normalized spacial score (nSPS) is 12.5. The van der Waals surface area contributed by atoms with Crippen LogP contribution in [0.5, 0.6) is 5.75 Å². The van der Waals surface area contributed by atoms with Crippen molar-refractivity contribution in [2.24, 2.45) is 0 Å². The molecule has 0 radical (unpaired) electrons. The first-order valence-corrected chi connectivity index (χ1v) is 7.39. The molecule has 1 N–H and O–H groups in total. The molecule has 1 aromatic carbocycles. The van der Waals surface area contributed by atoms with Crippen LogP contribution >= 0.6 is 23.2 Å². The molecule has 0 aromatic heterocycles. The Labute approximate surface area is 141 Å². The molecule has 1 unspecified atom stereocenters. The summed E-state index contributed by atoms with van der Waals surface area (Å²) in [6.45, 7) is 9.39. The summed E-state index contributed by atoms with van der Waals surface area (Å²) in [6, 6.07) is 3.50. The van der Waals surface area contributed by atoms with Gasteiger partial charge in [-0.25, -0.2) is 0 Å². The van der Waals surface area contributed by atoms with Crippen molar-refractivity contribution in [2.75, 3.05) is 14.2 Å². The van der Waals surface area contributed by atoms with Gasteiger partial charge in [0.2, 0.25) is 0 Å². The third kappa shape index (κ3) is 3.93. The van der Waals surface area contributed by atoms with Gasteiger partial charge in [-0.3, -0.25) is 4.79 Å². The second kappa shape index (κ2) is 8.06. The first kappa shape index (κ1) is 18.3. The van der Waals surface area contributed by atoms with Gasteiger partial charge in [-0.2, -0.15) is 0 Å². The third-order valence-corrected chi connectivity index (χ3v) is 3.82. The van der Waals surface area contributed by atoms with E-state index < -0.39 is 0 Å². The van der Waals surface area contributed by atoms with E-state index in [1.807, 2.05) is 6.92 Å². The number of benzene rings is 1. The van der Waals surface area contributed by atoms with Crippen LogP contribution in [0.3, 0.4) is 0 Å². The maximum Gasteiger partial charge on any atom is 0.254 e. The predicted molar refractivity (Wildman–Crippen MR) is 93.1 cm³/mol. The third-order valence-electron chi connectivity index (χ3n) is 3.32. The maximum absolute atomic E-state index is 12.0. The zero-order valence-electron chi connectivity index (χ0n) is 12.9. The summed E-state index contributed by atoms with van der Waals surface area (Å²) in [6.07, 6.45) is 3.43. The van der Waals surface area contributed by atoms with Gasteiger partial charge in [0.05, 0.1) is 17.7 Å². The van der Waals surface area contributed by atoms with E-state index in [1.165, 1.54) is 7.11 Å². The van der Waals surface area contributed by atoms with Crippen LogP contribution in [0, 0.1) is 0 Å². The van der Waals surface area contributed by atoms with Crippen molar-refractivity contribution < 1.29 is 9.53 Å². The molecule has 0 aliphatic heterocycles. The molecular formula is C17H19Cl2NO2. The summed E-state index contributed by atoms with van der Waals surface area (Å²) >= 11 is 12.3. The van der Waals surface area contributed by atoms with E-state index in [-0.39, 0.29) is 11.8 Å². The Morgan fingerprint density at radius 3 is 2.55 bits per heavy atom. The molecule has 1 rings (SSSR count). The number of halogens is 2. The standard InChI is InChI=1S/C17H19Cl2NO2/c1-6-7-13(11(3)18)10(2)12-8-14(17(21)20-4)16(22-5)15(19)9-12/h6-10H,1,3H2,2,4-5H3,(H,20,21)/b13-7-. The second-order valence-electron chi connectivity index (χ2n) is 4.65. The van der Waals surface area contributed by atoms with Gasteiger partial charge in [0.25, 0.3) is 5.91 Å². The topological polar surface area (TPSA) is 38.3 Å². The molecular weight excluding hydrogens is 321 g/mol. The first-order valence-electron chi connectivity index (χ1n) is 6.64. The second-order valence-corrected chi connectivity index (χ2v) is 5.51. The Balaban J connectivity index is 3.46. The van der Waals surface area contributed by atoms with E-state index >= 15 is 0 Å². The minimum Gasteiger partial charge on any atom is -0.494 e. The Morgan fingerprint density at radius 2 is 2.09 bits per heavy atom. The first-order chi connectivity index (χ1) is 10.4. The van der Waals surface area contributed by atoms with Gasteiger partial charge in [-0.1, -0.05) is 55.4 Å². The molecule has 5 heteroatoms. The molecule has 22 heavy (non-hydrogen) atoms. The molecule has 1 aromatic rings. The monoisotopic (exact) mass is 339 g/mol. The highest BCUT2D eigenvalue weighted by molar-refractivity contribution is 6.33. The van der Waals surface area contributed by atoms with E-state index in [1.54, 1.807) is 31.3 Å². The van der Waals surface area contributed by atoms with Crippen molar-refractivity contribution in [3.05, 3.63) is 64.2 Å². The van der Waals surface area contributed by atoms with Crippen LogP contribution in [0.15, 0.2) is 48.0 Å². The number of carbonyl (C=O) groups is 1. The van der Waals surface area contributed by atoms with Gasteiger partial charge in [0, 0.05) is 18.0 Å². The lowest BCUT2D eigenvalue weighted by molar-refractivity contribution is 0.0960. The fraction of sp³-hybridized carbons (Fsp3) is 0.235. The highest BCUT2D eigenvalue weighted by Crippen LogP contribution is 2.37. The van der Waals surface area contributed by atoms with Gasteiger partial charge in [-0.15, -0.1) is 0 Å². The summed E-state index contributed by atoms with van der Waals surface area (Å²) in [5.74, 6) is -0.0301. The van der Waals surface area contributed by atoms with E-state index in [2.05, 4.69) is 18.5 Å². The van der Waals surface area contributed by atoms with Crippen molar-refractivity contribution >= 4 is 29.1 Å². The summed E-state index contributed by atoms with van der Waals surface area (Å²) in [7, 11) is 3.02. The number of ether oxygens (including phenoxy) is 1. The minimum absolute atomic E-state index is 0.102. The molecule has 0 heterocycles. The Morgan fingerprint density at radius 1 is 1.45 bits per heavy atom. The molecule has 3 nitrogen and oxygen atoms in total. The number of allylic oxidation sites excluding steroid dienone is 4. The molecule has 0 bridgehead atoms. The highest BCUT2D eigenvalue weighted by atomic mass is 35.5. The molecule has 118 valence electrons. The SMILES string of the molecule is C=C/C=C(\C(=C)Cl)C(C)c1cc(Cl)c(OC)c(C(=O)NC)c1. The van der Waals surface area contributed by atoms with Crippen molar-refractivity contribution in [2.45, 2.75) is 12.8 Å². The number of hydrogen-bond acceptors (Lipinski definition) is 2. The number of nitrogens with one attached hydrogen (secondary N) is 1. The fourth-order valence-corrected chi connectivity index (χ4v) is 2.68. The largest absolute Gasteiger partial charge is 0.494 e. The summed E-state index contributed by atoms with van der Waals surface area (Å²) in [5, 5.41) is 3.36. The number of methoxy groups -OCH3 is 1. The average Bonchev–Trinajstić information content (AvgIpc) is 2.49. The quantitative estimate of drug-likeness (QED) is 0.764. The predicted octanol–water partition coefficient (Wildman–Crippen LogP) is 4.68. The molecule has 1 atom stereocenters. The van der Waals surface area contributed by atoms with E-state index in [9.17, 15) is 4.79 Å². The van der Waals surface area contributed by atoms with Crippen LogP contribution in [0.4, 0.5) is 0 Å². The van der Waals surface area contributed by atoms with Crippen molar-refractivity contribution in [1.29, 1.82) is 0 Å². The van der Waals surface area contributed by atoms with Crippen LogP contribution in [-0.4, -0.2) is 20.1 Å². The Bertz CT molecular complexity index is 636. The Hall–Kier alpha value is -1.71. The smallest absolute Gasteiger partial charge is 0.254 e. The number of hydrogen-bond donors (Lipinski definition) is 1. The van der Waals surface area contributed by atoms with Crippen LogP contribution in [0.25, 0.3) is 0 Å². The number of carbonyl (C=O) groups excluding carboxylic acids is 1. The summed E-state index contributed by atoms with van der Waals surface area (Å²) in [4.78, 5) is 12.0. The van der Waals surface area contributed by atoms with Gasteiger partial charge >= 0.3 is 0 Å². The molecule has 0 spiro atoms. The molecule has 0 saturated heterocycles. The van der Waals surface area contributed by atoms with Crippen molar-refractivity contribution in [1.82, 2.24) is 5.32 Å². The van der Waals surface area contributed by atoms with Crippen molar-refractivity contribution in [3.8, 4) is 5.75 Å². The lowest BCUT2D eigenvalue weighted by atomic mass is 9.90. The Kier molecular flexibility index (Phi) is 6.72. The fourth-order valence-electron chi connectivity index (χ4n) is 2.15. The van der Waals surface area contributed by atoms with Gasteiger partial charge < -0.3 is 10.1 Å². The van der Waals surface area contributed by atoms with Gasteiger partial charge in [0.15, 0.2) is 0 Å². The minimum atomic E-state index is -0.272. The van der Waals surface area contributed by atoms with E-state index in [0.29, 0.717) is 21.4 Å². The molecule has 0 saturated carbocycles. The molecule has 0 aliphatic rings. The maximum atomic E-state index is 12.0. The van der Waals surface area contributed by atoms with E-state index in [4.69, 9.17) is 27.9 Å². The van der Waals surface area contributed by atoms with Crippen LogP contribution in [-0.2, 0) is 0 Å². The molecule has 0 aliphatic carbocycles. The summed E-state index contributed by atoms with van der Waals surface area (Å²) in [5.41, 5.74) is 2.01. The summed E-state index contributed by atoms with van der Waals surface area (Å²) < 4.78 is 5.22. The van der Waals surface area contributed by atoms with Crippen LogP contribution in [0.2, 0.25) is 5.02 Å². The van der Waals surface area contributed by atoms with Gasteiger partial charge in [0.1, 0.15) is 5.75 Å². The molecule has 1 amide bonds. The number of rotatable bonds is 6. The lowest BCUT2D eigenvalue weighted by Crippen LogP contribution is -2.19. The van der Waals surface area contributed by atoms with E-state index in [0.717, 1.165) is 11.1 Å². The van der Waals surface area contributed by atoms with Crippen molar-refractivity contribution in [3.63, 3.8) is 0 Å². The zero-order chi connectivity index (χ0) is 16.9.